The van der Waals surface area contributed by atoms with E-state index in [-0.39, 0.29) is 5.78 Å². The molecule has 1 saturated heterocycles. The molecule has 2 aliphatic rings. The lowest BCUT2D eigenvalue weighted by molar-refractivity contribution is 0.104. The van der Waals surface area contributed by atoms with Crippen molar-refractivity contribution in [2.24, 2.45) is 0 Å². The standard InChI is InChI=1S/C25H31NO4/c1-3-28-18-16-20-24(22(17-18)29-4-2)23-19(25(20)27)10-8-11-21(23)30-15-9-14-26-12-6-5-7-13-26/h8,10-11,16-17H,3-7,9,12-15H2,1-2H3. The molecule has 0 atom stereocenters. The van der Waals surface area contributed by atoms with Gasteiger partial charge in [-0.15, -0.1) is 0 Å². The van der Waals surface area contributed by atoms with E-state index in [0.717, 1.165) is 29.8 Å². The van der Waals surface area contributed by atoms with Crippen molar-refractivity contribution in [1.82, 2.24) is 4.90 Å². The molecule has 0 saturated carbocycles. The van der Waals surface area contributed by atoms with E-state index in [4.69, 9.17) is 14.2 Å². The average molecular weight is 410 g/mol. The number of ether oxygens (including phenoxy) is 3. The third-order valence-electron chi connectivity index (χ3n) is 5.78. The van der Waals surface area contributed by atoms with Crippen molar-refractivity contribution in [2.75, 3.05) is 39.5 Å². The summed E-state index contributed by atoms with van der Waals surface area (Å²) in [5.74, 6) is 2.09. The normalized spacial score (nSPS) is 15.6. The quantitative estimate of drug-likeness (QED) is 0.468. The van der Waals surface area contributed by atoms with Crippen LogP contribution >= 0.6 is 0 Å². The molecule has 0 unspecified atom stereocenters. The molecule has 0 aromatic heterocycles. The van der Waals surface area contributed by atoms with E-state index in [2.05, 4.69) is 4.90 Å². The summed E-state index contributed by atoms with van der Waals surface area (Å²) in [5.41, 5.74) is 2.98. The molecule has 0 amide bonds. The van der Waals surface area contributed by atoms with Gasteiger partial charge in [0.2, 0.25) is 0 Å². The highest BCUT2D eigenvalue weighted by Crippen LogP contribution is 2.49. The van der Waals surface area contributed by atoms with E-state index in [1.54, 1.807) is 0 Å². The molecule has 2 aromatic carbocycles. The first-order valence-electron chi connectivity index (χ1n) is 11.2. The molecule has 4 rings (SSSR count). The van der Waals surface area contributed by atoms with Gasteiger partial charge in [-0.05, 0) is 58.3 Å². The van der Waals surface area contributed by atoms with Crippen molar-refractivity contribution in [3.8, 4) is 28.4 Å². The van der Waals surface area contributed by atoms with Crippen LogP contribution in [-0.2, 0) is 0 Å². The lowest BCUT2D eigenvalue weighted by atomic mass is 10.0. The van der Waals surface area contributed by atoms with Crippen LogP contribution in [-0.4, -0.2) is 50.1 Å². The number of fused-ring (bicyclic) bond motifs is 3. The molecule has 1 aliphatic heterocycles. The molecule has 0 radical (unpaired) electrons. The Hall–Kier alpha value is -2.53. The van der Waals surface area contributed by atoms with Gasteiger partial charge in [0.25, 0.3) is 0 Å². The van der Waals surface area contributed by atoms with Crippen LogP contribution in [0.15, 0.2) is 30.3 Å². The first kappa shape index (κ1) is 20.7. The first-order chi connectivity index (χ1) is 14.7. The highest BCUT2D eigenvalue weighted by molar-refractivity contribution is 6.23. The van der Waals surface area contributed by atoms with E-state index in [1.807, 2.05) is 44.2 Å². The molecule has 1 aliphatic carbocycles. The van der Waals surface area contributed by atoms with Crippen molar-refractivity contribution in [3.05, 3.63) is 41.5 Å². The Morgan fingerprint density at radius 2 is 1.63 bits per heavy atom. The Morgan fingerprint density at radius 1 is 0.867 bits per heavy atom. The summed E-state index contributed by atoms with van der Waals surface area (Å²) in [7, 11) is 0. The van der Waals surface area contributed by atoms with Crippen molar-refractivity contribution < 1.29 is 19.0 Å². The van der Waals surface area contributed by atoms with E-state index in [1.165, 1.54) is 32.4 Å². The second kappa shape index (κ2) is 9.52. The molecule has 30 heavy (non-hydrogen) atoms. The molecule has 0 N–H and O–H groups in total. The Kier molecular flexibility index (Phi) is 6.58. The monoisotopic (exact) mass is 409 g/mol. The van der Waals surface area contributed by atoms with Gasteiger partial charge in [0.15, 0.2) is 5.78 Å². The van der Waals surface area contributed by atoms with Crippen LogP contribution in [0.25, 0.3) is 11.1 Å². The number of benzene rings is 2. The molecular weight excluding hydrogens is 378 g/mol. The van der Waals surface area contributed by atoms with Crippen LogP contribution in [0.1, 0.15) is 55.5 Å². The minimum absolute atomic E-state index is 0.00118. The van der Waals surface area contributed by atoms with Crippen LogP contribution < -0.4 is 14.2 Å². The van der Waals surface area contributed by atoms with Crippen LogP contribution in [0.4, 0.5) is 0 Å². The van der Waals surface area contributed by atoms with Crippen molar-refractivity contribution >= 4 is 5.78 Å². The Balaban J connectivity index is 1.57. The summed E-state index contributed by atoms with van der Waals surface area (Å²) in [6.07, 6.45) is 4.93. The molecule has 5 nitrogen and oxygen atoms in total. The molecule has 0 spiro atoms. The van der Waals surface area contributed by atoms with Crippen molar-refractivity contribution in [3.63, 3.8) is 0 Å². The molecule has 2 aromatic rings. The van der Waals surface area contributed by atoms with Crippen LogP contribution in [0.3, 0.4) is 0 Å². The topological polar surface area (TPSA) is 48.0 Å². The summed E-state index contributed by atoms with van der Waals surface area (Å²) >= 11 is 0. The Morgan fingerprint density at radius 3 is 2.40 bits per heavy atom. The third kappa shape index (κ3) is 4.17. The zero-order chi connectivity index (χ0) is 20.9. The van der Waals surface area contributed by atoms with Gasteiger partial charge in [-0.1, -0.05) is 18.6 Å². The number of piperidine rings is 1. The minimum Gasteiger partial charge on any atom is -0.494 e. The van der Waals surface area contributed by atoms with Crippen LogP contribution in [0.5, 0.6) is 17.2 Å². The lowest BCUT2D eigenvalue weighted by Crippen LogP contribution is -2.31. The zero-order valence-electron chi connectivity index (χ0n) is 18.0. The van der Waals surface area contributed by atoms with Gasteiger partial charge < -0.3 is 19.1 Å². The number of rotatable bonds is 9. The maximum atomic E-state index is 13.1. The van der Waals surface area contributed by atoms with E-state index in [9.17, 15) is 4.79 Å². The number of nitrogens with zero attached hydrogens (tertiary/aromatic N) is 1. The maximum Gasteiger partial charge on any atom is 0.194 e. The van der Waals surface area contributed by atoms with Gasteiger partial charge in [-0.25, -0.2) is 0 Å². The second-order valence-electron chi connectivity index (χ2n) is 7.82. The Labute approximate surface area is 178 Å². The Bertz CT molecular complexity index is 902. The maximum absolute atomic E-state index is 13.1. The van der Waals surface area contributed by atoms with Crippen molar-refractivity contribution in [1.29, 1.82) is 0 Å². The van der Waals surface area contributed by atoms with Gasteiger partial charge in [-0.2, -0.15) is 0 Å². The predicted molar refractivity (Wildman–Crippen MR) is 118 cm³/mol. The van der Waals surface area contributed by atoms with Gasteiger partial charge in [-0.3, -0.25) is 4.79 Å². The smallest absolute Gasteiger partial charge is 0.194 e. The molecular formula is C25H31NO4. The number of hydrogen-bond donors (Lipinski definition) is 0. The van der Waals surface area contributed by atoms with Crippen molar-refractivity contribution in [2.45, 2.75) is 39.5 Å². The van der Waals surface area contributed by atoms with Gasteiger partial charge in [0.05, 0.1) is 19.8 Å². The number of likely N-dealkylation sites (tertiary alicyclic amines) is 1. The number of carbonyl (C=O) groups excluding carboxylic acids is 1. The van der Waals surface area contributed by atoms with Gasteiger partial charge in [0, 0.05) is 34.9 Å². The summed E-state index contributed by atoms with van der Waals surface area (Å²) in [6.45, 7) is 9.02. The summed E-state index contributed by atoms with van der Waals surface area (Å²) in [5, 5.41) is 0. The largest absolute Gasteiger partial charge is 0.494 e. The molecule has 1 fully saturated rings. The zero-order valence-corrected chi connectivity index (χ0v) is 18.0. The highest BCUT2D eigenvalue weighted by atomic mass is 16.5. The van der Waals surface area contributed by atoms with E-state index >= 15 is 0 Å². The van der Waals surface area contributed by atoms with E-state index in [0.29, 0.717) is 42.4 Å². The minimum atomic E-state index is 0.00118. The predicted octanol–water partition coefficient (Wildman–Crippen LogP) is 4.95. The highest BCUT2D eigenvalue weighted by Gasteiger charge is 2.33. The molecule has 0 bridgehead atoms. The third-order valence-corrected chi connectivity index (χ3v) is 5.78. The SMILES string of the molecule is CCOc1cc(OCC)c2c(c1)C(=O)c1cccc(OCCCN3CCCCC3)c1-2. The number of ketones is 1. The fourth-order valence-corrected chi connectivity index (χ4v) is 4.44. The number of carbonyl (C=O) groups is 1. The second-order valence-corrected chi connectivity index (χ2v) is 7.82. The van der Waals surface area contributed by atoms with Gasteiger partial charge >= 0.3 is 0 Å². The molecule has 160 valence electrons. The molecule has 1 heterocycles. The summed E-state index contributed by atoms with van der Waals surface area (Å²) in [4.78, 5) is 15.6. The fraction of sp³-hybridized carbons (Fsp3) is 0.480. The fourth-order valence-electron chi connectivity index (χ4n) is 4.44. The van der Waals surface area contributed by atoms with Crippen LogP contribution in [0, 0.1) is 0 Å². The first-order valence-corrected chi connectivity index (χ1v) is 11.2. The summed E-state index contributed by atoms with van der Waals surface area (Å²) < 4.78 is 17.8. The van der Waals surface area contributed by atoms with E-state index < -0.39 is 0 Å². The average Bonchev–Trinajstić information content (AvgIpc) is 3.06. The molecule has 5 heteroatoms. The summed E-state index contributed by atoms with van der Waals surface area (Å²) in [6, 6.07) is 9.42. The van der Waals surface area contributed by atoms with Crippen LogP contribution in [0.2, 0.25) is 0 Å². The number of hydrogen-bond acceptors (Lipinski definition) is 5. The van der Waals surface area contributed by atoms with Gasteiger partial charge in [0.1, 0.15) is 17.2 Å². The lowest BCUT2D eigenvalue weighted by Gasteiger charge is -2.26.